The van der Waals surface area contributed by atoms with Crippen molar-refractivity contribution >= 4 is 118 Å². The van der Waals surface area contributed by atoms with E-state index < -0.39 is 11.9 Å². The average Bonchev–Trinajstić information content (AvgIpc) is 3.29. The molecule has 0 radical (unpaired) electrons. The number of thiophene rings is 1. The Balaban J connectivity index is 1.23. The van der Waals surface area contributed by atoms with Crippen molar-refractivity contribution in [1.82, 2.24) is 5.43 Å². The third-order valence-electron chi connectivity index (χ3n) is 5.90. The smallest absolute Gasteiger partial charge is 0.345 e. The number of nitrogens with zero attached hydrogens (tertiary/aromatic N) is 1. The number of rotatable bonds is 7. The predicted octanol–water partition coefficient (Wildman–Crippen LogP) is 9.62. The number of hydrazone groups is 1. The molecule has 4 aromatic carbocycles. The summed E-state index contributed by atoms with van der Waals surface area (Å²) in [4.78, 5) is 38.6. The average molecular weight is 781 g/mol. The Kier molecular flexibility index (Phi) is 9.85. The molecule has 43 heavy (non-hydrogen) atoms. The van der Waals surface area contributed by atoms with E-state index in [9.17, 15) is 14.4 Å². The van der Waals surface area contributed by atoms with Gasteiger partial charge in [0.25, 0.3) is 11.8 Å². The number of benzene rings is 4. The van der Waals surface area contributed by atoms with Crippen molar-refractivity contribution in [2.45, 2.75) is 0 Å². The second-order valence-electron chi connectivity index (χ2n) is 8.81. The fourth-order valence-corrected chi connectivity index (χ4v) is 6.65. The number of amides is 2. The Morgan fingerprint density at radius 3 is 2.30 bits per heavy atom. The van der Waals surface area contributed by atoms with Crippen LogP contribution in [0.4, 0.5) is 5.69 Å². The highest BCUT2D eigenvalue weighted by Crippen LogP contribution is 2.37. The number of carbonyl (C=O) groups excluding carboxylic acids is 3. The van der Waals surface area contributed by atoms with Crippen LogP contribution < -0.4 is 15.5 Å². The maximum absolute atomic E-state index is 12.9. The number of halogens is 5. The van der Waals surface area contributed by atoms with Crippen molar-refractivity contribution in [3.05, 3.63) is 124 Å². The number of fused-ring (bicyclic) bond motifs is 1. The molecular weight excluding hydrogens is 765 g/mol. The number of carbonyl (C=O) groups is 3. The van der Waals surface area contributed by atoms with Gasteiger partial charge in [0, 0.05) is 40.9 Å². The Hall–Kier alpha value is -3.25. The second kappa shape index (κ2) is 13.6. The zero-order valence-corrected chi connectivity index (χ0v) is 27.7. The number of hydrogen-bond donors (Lipinski definition) is 2. The Labute approximate surface area is 281 Å². The van der Waals surface area contributed by atoms with Crippen molar-refractivity contribution in [2.24, 2.45) is 5.10 Å². The zero-order chi connectivity index (χ0) is 30.7. The number of ether oxygens (including phenoxy) is 1. The Morgan fingerprint density at radius 2 is 1.56 bits per heavy atom. The lowest BCUT2D eigenvalue weighted by atomic mass is 10.2. The number of esters is 1. The van der Waals surface area contributed by atoms with Gasteiger partial charge in [0.2, 0.25) is 0 Å². The highest BCUT2D eigenvalue weighted by Gasteiger charge is 2.18. The lowest BCUT2D eigenvalue weighted by Gasteiger charge is -2.09. The van der Waals surface area contributed by atoms with Crippen LogP contribution in [0.25, 0.3) is 10.1 Å². The molecule has 5 rings (SSSR count). The normalized spacial score (nSPS) is 11.1. The Bertz CT molecular complexity index is 1930. The number of anilines is 1. The fraction of sp³-hybridized carbons (Fsp3) is 0. The van der Waals surface area contributed by atoms with Gasteiger partial charge in [-0.05, 0) is 72.8 Å². The van der Waals surface area contributed by atoms with Gasteiger partial charge in [0.1, 0.15) is 10.6 Å². The molecule has 13 heteroatoms. The van der Waals surface area contributed by atoms with Gasteiger partial charge in [-0.3, -0.25) is 9.59 Å². The van der Waals surface area contributed by atoms with Crippen molar-refractivity contribution in [3.8, 4) is 5.75 Å². The molecule has 0 atom stereocenters. The molecule has 1 aromatic heterocycles. The van der Waals surface area contributed by atoms with Crippen molar-refractivity contribution in [3.63, 3.8) is 0 Å². The van der Waals surface area contributed by atoms with E-state index in [0.717, 1.165) is 14.6 Å². The van der Waals surface area contributed by atoms with Crippen LogP contribution in [-0.2, 0) is 0 Å². The molecule has 0 unspecified atom stereocenters. The molecular formula is C30H16Br2Cl3N3O4S. The molecule has 216 valence electrons. The quantitative estimate of drug-likeness (QED) is 0.0745. The van der Waals surface area contributed by atoms with Crippen molar-refractivity contribution in [2.75, 3.05) is 5.32 Å². The van der Waals surface area contributed by atoms with Crippen LogP contribution in [0.5, 0.6) is 5.75 Å². The molecule has 0 spiro atoms. The van der Waals surface area contributed by atoms with Crippen LogP contribution in [0.15, 0.2) is 92.9 Å². The van der Waals surface area contributed by atoms with Gasteiger partial charge < -0.3 is 10.1 Å². The van der Waals surface area contributed by atoms with E-state index in [4.69, 9.17) is 39.5 Å². The molecule has 1 heterocycles. The summed E-state index contributed by atoms with van der Waals surface area (Å²) in [5, 5.41) is 8.54. The molecule has 0 saturated carbocycles. The lowest BCUT2D eigenvalue weighted by molar-refractivity contribution is 0.0734. The van der Waals surface area contributed by atoms with Crippen LogP contribution in [0, 0.1) is 0 Å². The van der Waals surface area contributed by atoms with Gasteiger partial charge in [0.05, 0.1) is 21.8 Å². The lowest BCUT2D eigenvalue weighted by Crippen LogP contribution is -2.18. The van der Waals surface area contributed by atoms with E-state index in [0.29, 0.717) is 36.2 Å². The first-order chi connectivity index (χ1) is 20.6. The highest BCUT2D eigenvalue weighted by molar-refractivity contribution is 9.10. The van der Waals surface area contributed by atoms with Gasteiger partial charge in [-0.25, -0.2) is 10.2 Å². The van der Waals surface area contributed by atoms with Gasteiger partial charge in [-0.2, -0.15) is 5.10 Å². The standard InChI is InChI=1S/C30H16Br2Cl3N3O4S/c31-17-4-10-24(42-30(41)21-9-5-19(33)13-23(21)34)16(11-17)14-36-38-28(39)15-1-6-20(7-2-15)37-29(40)27-26(35)22-8-3-18(32)12-25(22)43-27/h1-14H,(H,37,40)(H,38,39)/b36-14-. The monoisotopic (exact) mass is 777 g/mol. The third-order valence-corrected chi connectivity index (χ3v) is 9.09. The molecule has 5 aromatic rings. The van der Waals surface area contributed by atoms with E-state index in [1.54, 1.807) is 42.5 Å². The summed E-state index contributed by atoms with van der Waals surface area (Å²) in [6, 6.07) is 21.3. The molecule has 0 saturated heterocycles. The van der Waals surface area contributed by atoms with Gasteiger partial charge in [0.15, 0.2) is 0 Å². The topological polar surface area (TPSA) is 96.9 Å². The SMILES string of the molecule is O=C(N/N=C\c1cc(Br)ccc1OC(=O)c1ccc(Cl)cc1Cl)c1ccc(NC(=O)c2sc3cc(Br)ccc3c2Cl)cc1. The number of hydrogen-bond acceptors (Lipinski definition) is 6. The second-order valence-corrected chi connectivity index (χ2v) is 12.9. The van der Waals surface area contributed by atoms with Gasteiger partial charge in [-0.1, -0.05) is 72.7 Å². The summed E-state index contributed by atoms with van der Waals surface area (Å²) in [6.45, 7) is 0. The van der Waals surface area contributed by atoms with Crippen LogP contribution in [-0.4, -0.2) is 24.0 Å². The Morgan fingerprint density at radius 1 is 0.837 bits per heavy atom. The van der Waals surface area contributed by atoms with Crippen molar-refractivity contribution in [1.29, 1.82) is 0 Å². The summed E-state index contributed by atoms with van der Waals surface area (Å²) >= 11 is 26.6. The number of nitrogens with one attached hydrogen (secondary N) is 2. The largest absolute Gasteiger partial charge is 0.422 e. The molecule has 2 N–H and O–H groups in total. The van der Waals surface area contributed by atoms with Gasteiger partial charge in [-0.15, -0.1) is 11.3 Å². The van der Waals surface area contributed by atoms with E-state index in [2.05, 4.69) is 47.7 Å². The molecule has 2 amide bonds. The third kappa shape index (κ3) is 7.46. The molecule has 0 fully saturated rings. The van der Waals surface area contributed by atoms with Crippen LogP contribution in [0.2, 0.25) is 15.1 Å². The predicted molar refractivity (Wildman–Crippen MR) is 180 cm³/mol. The molecule has 7 nitrogen and oxygen atoms in total. The minimum absolute atomic E-state index is 0.143. The first kappa shape index (κ1) is 31.2. The zero-order valence-electron chi connectivity index (χ0n) is 21.5. The minimum atomic E-state index is -0.683. The van der Waals surface area contributed by atoms with Crippen LogP contribution in [0.3, 0.4) is 0 Å². The van der Waals surface area contributed by atoms with E-state index in [-0.39, 0.29) is 22.2 Å². The molecule has 0 aliphatic carbocycles. The highest BCUT2D eigenvalue weighted by atomic mass is 79.9. The summed E-state index contributed by atoms with van der Waals surface area (Å²) in [5.41, 5.74) is 3.79. The van der Waals surface area contributed by atoms with E-state index in [1.807, 2.05) is 18.2 Å². The summed E-state index contributed by atoms with van der Waals surface area (Å²) < 4.78 is 8.00. The summed E-state index contributed by atoms with van der Waals surface area (Å²) in [6.07, 6.45) is 1.34. The summed E-state index contributed by atoms with van der Waals surface area (Å²) in [5.74, 6) is -1.33. The maximum Gasteiger partial charge on any atom is 0.345 e. The van der Waals surface area contributed by atoms with E-state index in [1.165, 1.54) is 35.8 Å². The molecule has 0 bridgehead atoms. The minimum Gasteiger partial charge on any atom is -0.422 e. The fourth-order valence-electron chi connectivity index (χ4n) is 3.83. The van der Waals surface area contributed by atoms with Crippen molar-refractivity contribution < 1.29 is 19.1 Å². The summed E-state index contributed by atoms with van der Waals surface area (Å²) in [7, 11) is 0. The van der Waals surface area contributed by atoms with Crippen LogP contribution in [0.1, 0.15) is 36.0 Å². The maximum atomic E-state index is 12.9. The van der Waals surface area contributed by atoms with Crippen LogP contribution >= 0.6 is 78.0 Å². The van der Waals surface area contributed by atoms with E-state index >= 15 is 0 Å². The molecule has 0 aliphatic heterocycles. The molecule has 0 aliphatic rings. The first-order valence-corrected chi connectivity index (χ1v) is 15.7. The van der Waals surface area contributed by atoms with Gasteiger partial charge >= 0.3 is 5.97 Å². The first-order valence-electron chi connectivity index (χ1n) is 12.2.